The fourth-order valence-corrected chi connectivity index (χ4v) is 2.56. The molecule has 3 fully saturated rings. The van der Waals surface area contributed by atoms with Crippen molar-refractivity contribution in [2.45, 2.75) is 32.8 Å². The zero-order chi connectivity index (χ0) is 15.5. The van der Waals surface area contributed by atoms with E-state index in [1.807, 2.05) is 25.7 Å². The van der Waals surface area contributed by atoms with E-state index < -0.39 is 0 Å². The topological polar surface area (TPSA) is 59.1 Å². The average Bonchev–Trinajstić information content (AvgIpc) is 3.05. The van der Waals surface area contributed by atoms with Gasteiger partial charge < -0.3 is 19.3 Å². The Morgan fingerprint density at radius 3 is 2.24 bits per heavy atom. The highest BCUT2D eigenvalue weighted by molar-refractivity contribution is 5.68. The molecule has 2 aliphatic heterocycles. The van der Waals surface area contributed by atoms with Gasteiger partial charge in [0.2, 0.25) is 6.41 Å². The Kier molecular flexibility index (Phi) is 5.08. The largest absolute Gasteiger partial charge is 0.444 e. The zero-order valence-electron chi connectivity index (χ0n) is 13.2. The molecule has 2 atom stereocenters. The quantitative estimate of drug-likeness (QED) is 0.690. The highest BCUT2D eigenvalue weighted by atomic mass is 16.6. The van der Waals surface area contributed by atoms with E-state index in [2.05, 4.69) is 0 Å². The molecule has 122 valence electrons. The number of carbonyl (C=O) groups is 2. The molecule has 2 unspecified atom stereocenters. The number of rotatable bonds is 1. The lowest BCUT2D eigenvalue weighted by Crippen LogP contribution is -2.36. The average molecular weight is 300 g/mol. The molecule has 0 N–H and O–H groups in total. The third kappa shape index (κ3) is 5.19. The third-order valence-electron chi connectivity index (χ3n) is 3.83. The molecule has 2 saturated heterocycles. The van der Waals surface area contributed by atoms with E-state index in [0.29, 0.717) is 13.2 Å². The van der Waals surface area contributed by atoms with Gasteiger partial charge in [0.25, 0.3) is 0 Å². The molecule has 0 aromatic heterocycles. The fraction of sp³-hybridized carbons (Fsp3) is 0.867. The summed E-state index contributed by atoms with van der Waals surface area (Å²) in [6, 6.07) is 0. The van der Waals surface area contributed by atoms with E-state index in [1.54, 1.807) is 4.90 Å². The van der Waals surface area contributed by atoms with Crippen LogP contribution in [-0.4, -0.2) is 67.3 Å². The van der Waals surface area contributed by atoms with Gasteiger partial charge in [0.05, 0.1) is 13.2 Å². The van der Waals surface area contributed by atoms with E-state index in [1.165, 1.54) is 6.42 Å². The predicted molar refractivity (Wildman–Crippen MR) is 80.0 cm³/mol. The standard InChI is InChI=1S/C10H17NO2.C5H9NO2.H2/c1-10(2,3)13-9(12)11-5-7-4-8(7)6-11;7-5-6-1-3-8-4-2-6;/h7-8H,4-6H2,1-3H3;5H,1-4H2;1H. The molecule has 3 rings (SSSR count). The Hall–Kier alpha value is -1.30. The van der Waals surface area contributed by atoms with E-state index in [0.717, 1.165) is 44.4 Å². The number of hydrogen-bond donors (Lipinski definition) is 0. The van der Waals surface area contributed by atoms with Crippen LogP contribution in [0.3, 0.4) is 0 Å². The Bertz CT molecular complexity index is 370. The van der Waals surface area contributed by atoms with Gasteiger partial charge in [-0.3, -0.25) is 4.79 Å². The molecule has 3 aliphatic rings. The first-order valence-corrected chi connectivity index (χ1v) is 7.64. The Morgan fingerprint density at radius 1 is 1.24 bits per heavy atom. The molecular weight excluding hydrogens is 272 g/mol. The number of amides is 2. The molecule has 0 aromatic rings. The summed E-state index contributed by atoms with van der Waals surface area (Å²) in [4.78, 5) is 25.1. The van der Waals surface area contributed by atoms with Crippen molar-refractivity contribution < 1.29 is 20.5 Å². The minimum absolute atomic E-state index is 0. The molecule has 0 spiro atoms. The second-order valence-corrected chi connectivity index (χ2v) is 6.89. The molecular formula is C15H28N2O4. The van der Waals surface area contributed by atoms with Gasteiger partial charge >= 0.3 is 6.09 Å². The van der Waals surface area contributed by atoms with Crippen molar-refractivity contribution in [2.75, 3.05) is 39.4 Å². The molecule has 0 radical (unpaired) electrons. The fourth-order valence-electron chi connectivity index (χ4n) is 2.56. The first-order chi connectivity index (χ1) is 9.89. The normalized spacial score (nSPS) is 27.4. The SMILES string of the molecule is CC(C)(C)OC(=O)N1CC2CC2C1.O=CN1CCOCC1.[HH]. The predicted octanol–water partition coefficient (Wildman–Crippen LogP) is 1.59. The van der Waals surface area contributed by atoms with Crippen molar-refractivity contribution in [3.8, 4) is 0 Å². The van der Waals surface area contributed by atoms with Crippen LogP contribution in [0.5, 0.6) is 0 Å². The first kappa shape index (κ1) is 16.1. The van der Waals surface area contributed by atoms with Gasteiger partial charge in [0.15, 0.2) is 0 Å². The summed E-state index contributed by atoms with van der Waals surface area (Å²) in [7, 11) is 0. The highest BCUT2D eigenvalue weighted by Gasteiger charge is 2.47. The zero-order valence-corrected chi connectivity index (χ0v) is 13.2. The first-order valence-electron chi connectivity index (χ1n) is 7.64. The van der Waals surface area contributed by atoms with Crippen LogP contribution >= 0.6 is 0 Å². The number of carbonyl (C=O) groups excluding carboxylic acids is 2. The van der Waals surface area contributed by atoms with E-state index in [4.69, 9.17) is 9.47 Å². The van der Waals surface area contributed by atoms with Crippen LogP contribution in [0.1, 0.15) is 28.6 Å². The Morgan fingerprint density at radius 2 is 1.81 bits per heavy atom. The van der Waals surface area contributed by atoms with Crippen molar-refractivity contribution >= 4 is 12.5 Å². The summed E-state index contributed by atoms with van der Waals surface area (Å²) < 4.78 is 10.3. The molecule has 2 heterocycles. The highest BCUT2D eigenvalue weighted by Crippen LogP contribution is 2.45. The maximum Gasteiger partial charge on any atom is 0.410 e. The van der Waals surface area contributed by atoms with Gasteiger partial charge in [0, 0.05) is 27.6 Å². The molecule has 6 nitrogen and oxygen atoms in total. The minimum Gasteiger partial charge on any atom is -0.444 e. The van der Waals surface area contributed by atoms with Crippen LogP contribution in [0.2, 0.25) is 0 Å². The summed E-state index contributed by atoms with van der Waals surface area (Å²) >= 11 is 0. The molecule has 1 aliphatic carbocycles. The van der Waals surface area contributed by atoms with Crippen LogP contribution < -0.4 is 0 Å². The van der Waals surface area contributed by atoms with Crippen molar-refractivity contribution in [1.29, 1.82) is 0 Å². The van der Waals surface area contributed by atoms with E-state index in [9.17, 15) is 9.59 Å². The number of hydrogen-bond acceptors (Lipinski definition) is 4. The lowest BCUT2D eigenvalue weighted by atomic mass is 10.2. The van der Waals surface area contributed by atoms with Crippen molar-refractivity contribution in [3.63, 3.8) is 0 Å². The van der Waals surface area contributed by atoms with Crippen LogP contribution in [0.25, 0.3) is 0 Å². The van der Waals surface area contributed by atoms with Crippen LogP contribution in [-0.2, 0) is 14.3 Å². The molecule has 0 bridgehead atoms. The second-order valence-electron chi connectivity index (χ2n) is 6.89. The van der Waals surface area contributed by atoms with Crippen LogP contribution in [0, 0.1) is 11.8 Å². The van der Waals surface area contributed by atoms with Gasteiger partial charge in [0.1, 0.15) is 5.60 Å². The summed E-state index contributed by atoms with van der Waals surface area (Å²) in [5.41, 5.74) is -0.357. The number of ether oxygens (including phenoxy) is 2. The van der Waals surface area contributed by atoms with Crippen LogP contribution in [0.4, 0.5) is 4.79 Å². The lowest BCUT2D eigenvalue weighted by Gasteiger charge is -2.25. The maximum absolute atomic E-state index is 11.5. The van der Waals surface area contributed by atoms with Gasteiger partial charge in [-0.1, -0.05) is 0 Å². The van der Waals surface area contributed by atoms with Gasteiger partial charge in [-0.15, -0.1) is 0 Å². The number of piperidine rings is 1. The lowest BCUT2D eigenvalue weighted by molar-refractivity contribution is -0.121. The van der Waals surface area contributed by atoms with Crippen molar-refractivity contribution in [2.24, 2.45) is 11.8 Å². The monoisotopic (exact) mass is 300 g/mol. The van der Waals surface area contributed by atoms with E-state index in [-0.39, 0.29) is 13.1 Å². The third-order valence-corrected chi connectivity index (χ3v) is 3.83. The molecule has 0 aromatic carbocycles. The molecule has 6 heteroatoms. The minimum atomic E-state index is -0.357. The molecule has 2 amide bonds. The maximum atomic E-state index is 11.5. The van der Waals surface area contributed by atoms with Crippen molar-refractivity contribution in [1.82, 2.24) is 9.80 Å². The Balaban J connectivity index is 0.000000234. The number of likely N-dealkylation sites (tertiary alicyclic amines) is 1. The summed E-state index contributed by atoms with van der Waals surface area (Å²) in [6.07, 6.45) is 2.04. The Labute approximate surface area is 127 Å². The van der Waals surface area contributed by atoms with Gasteiger partial charge in [-0.2, -0.15) is 0 Å². The summed E-state index contributed by atoms with van der Waals surface area (Å²) in [5, 5.41) is 0. The smallest absolute Gasteiger partial charge is 0.410 e. The molecule has 21 heavy (non-hydrogen) atoms. The van der Waals surface area contributed by atoms with Crippen LogP contribution in [0.15, 0.2) is 0 Å². The number of morpholine rings is 1. The van der Waals surface area contributed by atoms with Gasteiger partial charge in [-0.05, 0) is 39.0 Å². The number of fused-ring (bicyclic) bond motifs is 1. The van der Waals surface area contributed by atoms with Crippen molar-refractivity contribution in [3.05, 3.63) is 0 Å². The summed E-state index contributed by atoms with van der Waals surface area (Å²) in [5.74, 6) is 1.57. The molecule has 1 saturated carbocycles. The van der Waals surface area contributed by atoms with E-state index >= 15 is 0 Å². The second kappa shape index (κ2) is 6.64. The summed E-state index contributed by atoms with van der Waals surface area (Å²) in [6.45, 7) is 10.4. The number of nitrogens with zero attached hydrogens (tertiary/aromatic N) is 2. The van der Waals surface area contributed by atoms with Gasteiger partial charge in [-0.25, -0.2) is 4.79 Å².